The second kappa shape index (κ2) is 3.26. The highest BCUT2D eigenvalue weighted by atomic mass is 32.1. The number of rotatable bonds is 1. The van der Waals surface area contributed by atoms with Crippen LogP contribution in [0.15, 0.2) is 17.3 Å². The fourth-order valence-corrected chi connectivity index (χ4v) is 1.18. The third-order valence-corrected chi connectivity index (χ3v) is 1.92. The Bertz CT molecular complexity index is 495. The van der Waals surface area contributed by atoms with Crippen LogP contribution in [0, 0.1) is 0 Å². The number of carbonyl (C=O) groups excluding carboxylic acids is 1. The normalized spacial score (nSPS) is 10.4. The molecule has 0 aliphatic rings. The summed E-state index contributed by atoms with van der Waals surface area (Å²) >= 11 is 4.02. The number of fused-ring (bicyclic) bond motifs is 1. The van der Waals surface area contributed by atoms with E-state index in [0.29, 0.717) is 10.8 Å². The Morgan fingerprint density at radius 1 is 1.50 bits per heavy atom. The number of methoxy groups -OCH3 is 1. The van der Waals surface area contributed by atoms with E-state index in [2.05, 4.69) is 32.7 Å². The van der Waals surface area contributed by atoms with Crippen molar-refractivity contribution >= 4 is 24.2 Å². The monoisotopic (exact) mass is 210 g/mol. The Morgan fingerprint density at radius 3 is 3.00 bits per heavy atom. The van der Waals surface area contributed by atoms with Gasteiger partial charge in [0.2, 0.25) is 5.16 Å². The number of hydrogen-bond acceptors (Lipinski definition) is 6. The van der Waals surface area contributed by atoms with Crippen LogP contribution in [-0.2, 0) is 4.74 Å². The van der Waals surface area contributed by atoms with Crippen LogP contribution in [0.5, 0.6) is 0 Å². The van der Waals surface area contributed by atoms with Gasteiger partial charge in [-0.25, -0.2) is 4.79 Å². The van der Waals surface area contributed by atoms with Gasteiger partial charge in [-0.3, -0.25) is 0 Å². The maximum Gasteiger partial charge on any atom is 0.358 e. The summed E-state index contributed by atoms with van der Waals surface area (Å²) in [5.74, 6) is -0.506. The molecule has 0 radical (unpaired) electrons. The van der Waals surface area contributed by atoms with E-state index in [9.17, 15) is 4.79 Å². The molecule has 0 aliphatic carbocycles. The fraction of sp³-hybridized carbons (Fsp3) is 0.143. The number of ether oxygens (including phenoxy) is 1. The Labute approximate surface area is 84.3 Å². The molecule has 0 spiro atoms. The zero-order valence-electron chi connectivity index (χ0n) is 7.21. The van der Waals surface area contributed by atoms with Crippen molar-refractivity contribution in [3.63, 3.8) is 0 Å². The van der Waals surface area contributed by atoms with Gasteiger partial charge in [-0.2, -0.15) is 9.61 Å². The second-order valence-electron chi connectivity index (χ2n) is 2.48. The first-order valence-electron chi connectivity index (χ1n) is 3.72. The Kier molecular flexibility index (Phi) is 2.08. The first kappa shape index (κ1) is 8.95. The van der Waals surface area contributed by atoms with E-state index >= 15 is 0 Å². The maximum atomic E-state index is 11.1. The summed E-state index contributed by atoms with van der Waals surface area (Å²) in [6.45, 7) is 0. The van der Waals surface area contributed by atoms with Gasteiger partial charge in [-0.1, -0.05) is 0 Å². The molecule has 2 aromatic heterocycles. The molecule has 0 fully saturated rings. The minimum absolute atomic E-state index is 0.190. The number of carbonyl (C=O) groups is 1. The minimum atomic E-state index is -0.506. The number of nitrogens with zero attached hydrogens (tertiary/aromatic N) is 4. The highest BCUT2D eigenvalue weighted by Crippen LogP contribution is 2.06. The lowest BCUT2D eigenvalue weighted by Gasteiger charge is -1.98. The van der Waals surface area contributed by atoms with E-state index in [4.69, 9.17) is 0 Å². The lowest BCUT2D eigenvalue weighted by Crippen LogP contribution is -2.07. The number of esters is 1. The van der Waals surface area contributed by atoms with Crippen LogP contribution in [0.25, 0.3) is 5.65 Å². The Balaban J connectivity index is 2.60. The Morgan fingerprint density at radius 2 is 2.29 bits per heavy atom. The van der Waals surface area contributed by atoms with Gasteiger partial charge in [0.1, 0.15) is 0 Å². The first-order chi connectivity index (χ1) is 6.72. The van der Waals surface area contributed by atoms with Crippen LogP contribution in [-0.4, -0.2) is 32.9 Å². The van der Waals surface area contributed by atoms with Crippen molar-refractivity contribution in [2.24, 2.45) is 0 Å². The van der Waals surface area contributed by atoms with Gasteiger partial charge >= 0.3 is 5.97 Å². The molecule has 0 aliphatic heterocycles. The van der Waals surface area contributed by atoms with Gasteiger partial charge in [-0.15, -0.1) is 22.8 Å². The van der Waals surface area contributed by atoms with E-state index in [1.807, 2.05) is 0 Å². The van der Waals surface area contributed by atoms with Crippen molar-refractivity contribution in [3.8, 4) is 0 Å². The minimum Gasteiger partial charge on any atom is -0.464 e. The number of hydrogen-bond donors (Lipinski definition) is 1. The van der Waals surface area contributed by atoms with E-state index in [1.54, 1.807) is 6.07 Å². The molecule has 2 aromatic rings. The van der Waals surface area contributed by atoms with Crippen LogP contribution in [0.3, 0.4) is 0 Å². The lowest BCUT2D eigenvalue weighted by molar-refractivity contribution is 0.0592. The molecule has 7 heteroatoms. The molecule has 0 N–H and O–H groups in total. The highest BCUT2D eigenvalue weighted by molar-refractivity contribution is 7.80. The van der Waals surface area contributed by atoms with Gasteiger partial charge < -0.3 is 4.74 Å². The standard InChI is InChI=1S/C7H6N4O2S/c1-13-6(12)4-2-3-5-8-9-7(14)11(5)10-4/h2-3H,1H3,(H,9,14). The fourth-order valence-electron chi connectivity index (χ4n) is 0.991. The third-order valence-electron chi connectivity index (χ3n) is 1.64. The number of thiol groups is 1. The molecule has 0 saturated carbocycles. The molecular weight excluding hydrogens is 204 g/mol. The van der Waals surface area contributed by atoms with Crippen molar-refractivity contribution in [2.75, 3.05) is 7.11 Å². The summed E-state index contributed by atoms with van der Waals surface area (Å²) in [6.07, 6.45) is 0. The summed E-state index contributed by atoms with van der Waals surface area (Å²) in [6, 6.07) is 3.13. The molecule has 0 bridgehead atoms. The largest absolute Gasteiger partial charge is 0.464 e. The molecule has 0 unspecified atom stereocenters. The van der Waals surface area contributed by atoms with E-state index < -0.39 is 5.97 Å². The smallest absolute Gasteiger partial charge is 0.358 e. The van der Waals surface area contributed by atoms with Gasteiger partial charge in [0.05, 0.1) is 7.11 Å². The molecule has 14 heavy (non-hydrogen) atoms. The van der Waals surface area contributed by atoms with Gasteiger partial charge in [-0.05, 0) is 12.1 Å². The van der Waals surface area contributed by atoms with Crippen molar-refractivity contribution < 1.29 is 9.53 Å². The molecule has 0 aromatic carbocycles. The summed E-state index contributed by atoms with van der Waals surface area (Å²) in [5, 5.41) is 11.7. The van der Waals surface area contributed by atoms with Crippen molar-refractivity contribution in [1.29, 1.82) is 0 Å². The average molecular weight is 210 g/mol. The van der Waals surface area contributed by atoms with Crippen LogP contribution >= 0.6 is 12.6 Å². The lowest BCUT2D eigenvalue weighted by atomic mass is 10.4. The van der Waals surface area contributed by atoms with E-state index in [1.165, 1.54) is 17.7 Å². The van der Waals surface area contributed by atoms with Gasteiger partial charge in [0.15, 0.2) is 11.3 Å². The zero-order chi connectivity index (χ0) is 10.1. The molecule has 0 amide bonds. The molecule has 72 valence electrons. The van der Waals surface area contributed by atoms with Gasteiger partial charge in [0.25, 0.3) is 0 Å². The molecule has 0 atom stereocenters. The second-order valence-corrected chi connectivity index (χ2v) is 2.88. The SMILES string of the molecule is COC(=O)c1ccc2nnc(S)n2n1. The van der Waals surface area contributed by atoms with Crippen LogP contribution < -0.4 is 0 Å². The first-order valence-corrected chi connectivity index (χ1v) is 4.17. The molecule has 6 nitrogen and oxygen atoms in total. The molecule has 2 heterocycles. The van der Waals surface area contributed by atoms with Crippen molar-refractivity contribution in [3.05, 3.63) is 17.8 Å². The van der Waals surface area contributed by atoms with Crippen LogP contribution in [0.1, 0.15) is 10.5 Å². The van der Waals surface area contributed by atoms with Crippen LogP contribution in [0.4, 0.5) is 0 Å². The Hall–Kier alpha value is -1.63. The zero-order valence-corrected chi connectivity index (χ0v) is 8.10. The van der Waals surface area contributed by atoms with Gasteiger partial charge in [0, 0.05) is 0 Å². The third kappa shape index (κ3) is 1.31. The van der Waals surface area contributed by atoms with Crippen molar-refractivity contribution in [2.45, 2.75) is 5.16 Å². The summed E-state index contributed by atoms with van der Waals surface area (Å²) in [4.78, 5) is 11.1. The van der Waals surface area contributed by atoms with E-state index in [0.717, 1.165) is 0 Å². The molecule has 2 rings (SSSR count). The number of aromatic nitrogens is 4. The molecular formula is C7H6N4O2S. The molecule has 0 saturated heterocycles. The van der Waals surface area contributed by atoms with E-state index in [-0.39, 0.29) is 5.69 Å². The predicted molar refractivity (Wildman–Crippen MR) is 49.4 cm³/mol. The summed E-state index contributed by atoms with van der Waals surface area (Å²) < 4.78 is 5.88. The van der Waals surface area contributed by atoms with Crippen molar-refractivity contribution in [1.82, 2.24) is 19.8 Å². The predicted octanol–water partition coefficient (Wildman–Crippen LogP) is 0.200. The summed E-state index contributed by atoms with van der Waals surface area (Å²) in [7, 11) is 1.29. The average Bonchev–Trinajstić information content (AvgIpc) is 2.59. The topological polar surface area (TPSA) is 69.4 Å². The maximum absolute atomic E-state index is 11.1. The van der Waals surface area contributed by atoms with Crippen LogP contribution in [0.2, 0.25) is 0 Å². The quantitative estimate of drug-likeness (QED) is 0.538. The summed E-state index contributed by atoms with van der Waals surface area (Å²) in [5.41, 5.74) is 0.720. The highest BCUT2D eigenvalue weighted by Gasteiger charge is 2.10.